The van der Waals surface area contributed by atoms with E-state index in [1.54, 1.807) is 12.1 Å². The molecule has 0 atom stereocenters. The van der Waals surface area contributed by atoms with Crippen molar-refractivity contribution in [1.82, 2.24) is 5.32 Å². The normalized spacial score (nSPS) is 11.6. The molecular formula is C9H10Cl2N2S. The van der Waals surface area contributed by atoms with Crippen molar-refractivity contribution in [3.8, 4) is 0 Å². The molecule has 1 aromatic rings. The predicted octanol–water partition coefficient (Wildman–Crippen LogP) is 3.56. The fourth-order valence-electron chi connectivity index (χ4n) is 0.875. The number of thioether (sulfide) groups is 1. The highest BCUT2D eigenvalue weighted by Gasteiger charge is 1.99. The first-order valence-electron chi connectivity index (χ1n) is 3.93. The second-order valence-corrected chi connectivity index (χ2v) is 4.08. The van der Waals surface area contributed by atoms with E-state index in [-0.39, 0.29) is 0 Å². The molecule has 0 aliphatic heterocycles. The van der Waals surface area contributed by atoms with Crippen LogP contribution in [-0.2, 0) is 0 Å². The maximum atomic E-state index is 5.86. The molecule has 5 heteroatoms. The van der Waals surface area contributed by atoms with Gasteiger partial charge in [-0.05, 0) is 24.5 Å². The summed E-state index contributed by atoms with van der Waals surface area (Å²) in [5.74, 6) is 0. The van der Waals surface area contributed by atoms with Crippen molar-refractivity contribution in [2.24, 2.45) is 4.99 Å². The Kier molecular flexibility index (Phi) is 4.58. The highest BCUT2D eigenvalue weighted by Crippen LogP contribution is 2.26. The zero-order valence-electron chi connectivity index (χ0n) is 7.84. The molecule has 1 aromatic carbocycles. The molecule has 0 spiro atoms. The molecule has 0 unspecified atom stereocenters. The van der Waals surface area contributed by atoms with Gasteiger partial charge in [-0.25, -0.2) is 4.99 Å². The minimum Gasteiger partial charge on any atom is -0.368 e. The van der Waals surface area contributed by atoms with E-state index in [9.17, 15) is 0 Å². The molecular weight excluding hydrogens is 239 g/mol. The van der Waals surface area contributed by atoms with Crippen LogP contribution < -0.4 is 5.32 Å². The largest absolute Gasteiger partial charge is 0.368 e. The van der Waals surface area contributed by atoms with E-state index in [1.807, 2.05) is 19.4 Å². The molecule has 0 fully saturated rings. The number of rotatable bonds is 1. The predicted molar refractivity (Wildman–Crippen MR) is 66.1 cm³/mol. The van der Waals surface area contributed by atoms with Gasteiger partial charge in [-0.1, -0.05) is 35.0 Å². The summed E-state index contributed by atoms with van der Waals surface area (Å²) in [7, 11) is 1.83. The Balaban J connectivity index is 2.97. The molecule has 0 radical (unpaired) electrons. The summed E-state index contributed by atoms with van der Waals surface area (Å²) in [5.41, 5.74) is 0.790. The number of nitrogens with one attached hydrogen (secondary N) is 1. The van der Waals surface area contributed by atoms with E-state index >= 15 is 0 Å². The van der Waals surface area contributed by atoms with Crippen LogP contribution in [0.1, 0.15) is 0 Å². The van der Waals surface area contributed by atoms with Crippen LogP contribution in [0.15, 0.2) is 23.2 Å². The highest BCUT2D eigenvalue weighted by atomic mass is 35.5. The van der Waals surface area contributed by atoms with Crippen molar-refractivity contribution in [2.75, 3.05) is 13.3 Å². The summed E-state index contributed by atoms with van der Waals surface area (Å²) in [6.07, 6.45) is 1.95. The third-order valence-corrected chi connectivity index (χ3v) is 2.96. The van der Waals surface area contributed by atoms with Crippen LogP contribution >= 0.6 is 35.0 Å². The van der Waals surface area contributed by atoms with E-state index in [2.05, 4.69) is 10.3 Å². The van der Waals surface area contributed by atoms with E-state index < -0.39 is 0 Å². The lowest BCUT2D eigenvalue weighted by Crippen LogP contribution is -2.12. The molecule has 1 N–H and O–H groups in total. The quantitative estimate of drug-likeness (QED) is 0.607. The Hall–Kier alpha value is -0.380. The summed E-state index contributed by atoms with van der Waals surface area (Å²) in [5, 5.41) is 4.87. The number of aliphatic imine (C=N–C) groups is 1. The van der Waals surface area contributed by atoms with Crippen molar-refractivity contribution in [2.45, 2.75) is 0 Å². The lowest BCUT2D eigenvalue weighted by atomic mass is 10.3. The number of hydrogen-bond donors (Lipinski definition) is 1. The third kappa shape index (κ3) is 3.08. The molecule has 14 heavy (non-hydrogen) atoms. The number of halogens is 2. The Labute approximate surface area is 97.7 Å². The standard InChI is InChI=1S/C9H10Cl2N2S/c1-12-9(14-2)13-6-3-4-7(10)8(11)5-6/h3-5H,1-2H3,(H,12,13). The van der Waals surface area contributed by atoms with Gasteiger partial charge in [-0.15, -0.1) is 0 Å². The van der Waals surface area contributed by atoms with Crippen LogP contribution in [0.4, 0.5) is 5.69 Å². The Morgan fingerprint density at radius 2 is 2.07 bits per heavy atom. The first-order chi connectivity index (χ1) is 6.67. The summed E-state index contributed by atoms with van der Waals surface area (Å²) in [6, 6.07) is 5.29. The number of hydrogen-bond acceptors (Lipinski definition) is 2. The van der Waals surface area contributed by atoms with Gasteiger partial charge in [0, 0.05) is 7.05 Å². The first kappa shape index (κ1) is 11.7. The second kappa shape index (κ2) is 5.49. The van der Waals surface area contributed by atoms with Gasteiger partial charge in [0.05, 0.1) is 15.7 Å². The lowest BCUT2D eigenvalue weighted by Gasteiger charge is -2.02. The van der Waals surface area contributed by atoms with Crippen molar-refractivity contribution in [3.05, 3.63) is 28.2 Å². The second-order valence-electron chi connectivity index (χ2n) is 2.47. The number of amidine groups is 1. The molecule has 76 valence electrons. The van der Waals surface area contributed by atoms with Crippen LogP contribution in [0.2, 0.25) is 10.0 Å². The monoisotopic (exact) mass is 248 g/mol. The van der Waals surface area contributed by atoms with Crippen molar-refractivity contribution < 1.29 is 0 Å². The zero-order chi connectivity index (χ0) is 10.6. The molecule has 0 amide bonds. The molecule has 0 aliphatic carbocycles. The van der Waals surface area contributed by atoms with Crippen LogP contribution in [0.3, 0.4) is 0 Å². The van der Waals surface area contributed by atoms with Gasteiger partial charge < -0.3 is 5.32 Å². The summed E-state index contributed by atoms with van der Waals surface area (Å²) in [6.45, 7) is 0. The van der Waals surface area contributed by atoms with Crippen LogP contribution in [0.5, 0.6) is 0 Å². The van der Waals surface area contributed by atoms with Crippen LogP contribution in [0, 0.1) is 0 Å². The average molecular weight is 249 g/mol. The molecule has 1 rings (SSSR count). The van der Waals surface area contributed by atoms with Crippen LogP contribution in [-0.4, -0.2) is 18.5 Å². The number of benzene rings is 1. The minimum absolute atomic E-state index is 0.518. The van der Waals surface area contributed by atoms with Crippen molar-refractivity contribution >= 4 is 45.8 Å². The van der Waals surface area contributed by atoms with E-state index in [4.69, 9.17) is 23.2 Å². The van der Waals surface area contributed by atoms with Gasteiger partial charge in [-0.3, -0.25) is 0 Å². The topological polar surface area (TPSA) is 24.4 Å². The van der Waals surface area contributed by atoms with E-state index in [0.29, 0.717) is 10.0 Å². The molecule has 0 heterocycles. The molecule has 0 bridgehead atoms. The van der Waals surface area contributed by atoms with Crippen LogP contribution in [0.25, 0.3) is 0 Å². The highest BCUT2D eigenvalue weighted by molar-refractivity contribution is 8.13. The minimum atomic E-state index is 0.518. The van der Waals surface area contributed by atoms with Gasteiger partial charge in [-0.2, -0.15) is 0 Å². The van der Waals surface area contributed by atoms with Crippen molar-refractivity contribution in [1.29, 1.82) is 0 Å². The average Bonchev–Trinajstić information content (AvgIpc) is 2.19. The SMILES string of the molecule is CN/C(=N/c1ccc(Cl)c(Cl)c1)SC. The summed E-state index contributed by atoms with van der Waals surface area (Å²) >= 11 is 13.2. The Morgan fingerprint density at radius 3 is 2.57 bits per heavy atom. The maximum absolute atomic E-state index is 5.86. The summed E-state index contributed by atoms with van der Waals surface area (Å²) in [4.78, 5) is 4.32. The van der Waals surface area contributed by atoms with Gasteiger partial charge >= 0.3 is 0 Å². The van der Waals surface area contributed by atoms with E-state index in [0.717, 1.165) is 10.9 Å². The molecule has 0 saturated heterocycles. The third-order valence-electron chi connectivity index (χ3n) is 1.54. The molecule has 0 saturated carbocycles. The zero-order valence-corrected chi connectivity index (χ0v) is 10.2. The maximum Gasteiger partial charge on any atom is 0.161 e. The summed E-state index contributed by atoms with van der Waals surface area (Å²) < 4.78 is 0. The molecule has 2 nitrogen and oxygen atoms in total. The first-order valence-corrected chi connectivity index (χ1v) is 5.91. The molecule has 0 aromatic heterocycles. The smallest absolute Gasteiger partial charge is 0.161 e. The Bertz CT molecular complexity index is 347. The fourth-order valence-corrected chi connectivity index (χ4v) is 1.57. The van der Waals surface area contributed by atoms with Gasteiger partial charge in [0.15, 0.2) is 5.17 Å². The number of nitrogens with zero attached hydrogens (tertiary/aromatic N) is 1. The fraction of sp³-hybridized carbons (Fsp3) is 0.222. The van der Waals surface area contributed by atoms with Gasteiger partial charge in [0.2, 0.25) is 0 Å². The molecule has 0 aliphatic rings. The van der Waals surface area contributed by atoms with Gasteiger partial charge in [0.25, 0.3) is 0 Å². The van der Waals surface area contributed by atoms with E-state index in [1.165, 1.54) is 11.8 Å². The Morgan fingerprint density at radius 1 is 1.36 bits per heavy atom. The van der Waals surface area contributed by atoms with Gasteiger partial charge in [0.1, 0.15) is 0 Å². The lowest BCUT2D eigenvalue weighted by molar-refractivity contribution is 1.20. The van der Waals surface area contributed by atoms with Crippen molar-refractivity contribution in [3.63, 3.8) is 0 Å².